The van der Waals surface area contributed by atoms with Gasteiger partial charge in [-0.2, -0.15) is 0 Å². The molecule has 0 aliphatic carbocycles. The van der Waals surface area contributed by atoms with E-state index in [4.69, 9.17) is 9.47 Å². The summed E-state index contributed by atoms with van der Waals surface area (Å²) in [5.41, 5.74) is 2.48. The van der Waals surface area contributed by atoms with Gasteiger partial charge in [0, 0.05) is 24.5 Å². The van der Waals surface area contributed by atoms with Crippen LogP contribution >= 0.6 is 0 Å². The third kappa shape index (κ3) is 6.79. The Hall–Kier alpha value is -3.60. The van der Waals surface area contributed by atoms with Crippen molar-refractivity contribution in [3.8, 4) is 23.3 Å². The Morgan fingerprint density at radius 1 is 1.16 bits per heavy atom. The van der Waals surface area contributed by atoms with Gasteiger partial charge in [-0.1, -0.05) is 24.0 Å². The summed E-state index contributed by atoms with van der Waals surface area (Å²) in [4.78, 5) is 18.3. The molecule has 4 rings (SSSR count). The Balaban J connectivity index is 1.39. The van der Waals surface area contributed by atoms with Crippen LogP contribution in [0.3, 0.4) is 0 Å². The number of carboxylic acids is 1. The van der Waals surface area contributed by atoms with Gasteiger partial charge in [-0.05, 0) is 79.6 Å². The molecular formula is C30H34N2O5. The molecule has 3 aromatic rings. The molecule has 0 bridgehead atoms. The SMILES string of the molecule is COc1ccc2nccc([C@@H](O)CC[C@@H]3CCN(CC#Cc4ccccc4OC)C[C@@H]3CC(=O)O)c2c1. The molecule has 1 fully saturated rings. The molecule has 2 aromatic carbocycles. The number of hydrogen-bond donors (Lipinski definition) is 2. The number of benzene rings is 2. The van der Waals surface area contributed by atoms with E-state index >= 15 is 0 Å². The zero-order chi connectivity index (χ0) is 26.2. The molecule has 0 spiro atoms. The first-order valence-electron chi connectivity index (χ1n) is 12.6. The highest BCUT2D eigenvalue weighted by atomic mass is 16.5. The number of hydrogen-bond acceptors (Lipinski definition) is 6. The van der Waals surface area contributed by atoms with Crippen molar-refractivity contribution in [2.45, 2.75) is 31.8 Å². The van der Waals surface area contributed by atoms with E-state index in [-0.39, 0.29) is 18.3 Å². The largest absolute Gasteiger partial charge is 0.497 e. The number of fused-ring (bicyclic) bond motifs is 1. The predicted octanol–water partition coefficient (Wildman–Crippen LogP) is 4.53. The number of aliphatic carboxylic acids is 1. The Kier molecular flexibility index (Phi) is 8.99. The molecule has 1 aliphatic heterocycles. The number of aromatic nitrogens is 1. The number of ether oxygens (including phenoxy) is 2. The molecule has 37 heavy (non-hydrogen) atoms. The van der Waals surface area contributed by atoms with Gasteiger partial charge in [0.25, 0.3) is 0 Å². The topological polar surface area (TPSA) is 92.1 Å². The second kappa shape index (κ2) is 12.6. The van der Waals surface area contributed by atoms with Gasteiger partial charge in [0.15, 0.2) is 0 Å². The van der Waals surface area contributed by atoms with Gasteiger partial charge in [-0.15, -0.1) is 0 Å². The lowest BCUT2D eigenvalue weighted by Crippen LogP contribution is -2.41. The summed E-state index contributed by atoms with van der Waals surface area (Å²) in [7, 11) is 3.25. The summed E-state index contributed by atoms with van der Waals surface area (Å²) in [5, 5.41) is 21.5. The molecule has 0 amide bonds. The van der Waals surface area contributed by atoms with Crippen LogP contribution in [0.4, 0.5) is 0 Å². The molecule has 0 saturated carbocycles. The van der Waals surface area contributed by atoms with Gasteiger partial charge in [-0.25, -0.2) is 0 Å². The highest BCUT2D eigenvalue weighted by Gasteiger charge is 2.31. The summed E-state index contributed by atoms with van der Waals surface area (Å²) in [6, 6.07) is 15.2. The Bertz CT molecular complexity index is 1280. The first-order chi connectivity index (χ1) is 18.0. The van der Waals surface area contributed by atoms with E-state index < -0.39 is 12.1 Å². The third-order valence-corrected chi connectivity index (χ3v) is 7.20. The number of likely N-dealkylation sites (tertiary alicyclic amines) is 1. The minimum atomic E-state index is -0.787. The minimum Gasteiger partial charge on any atom is -0.497 e. The van der Waals surface area contributed by atoms with Crippen molar-refractivity contribution < 1.29 is 24.5 Å². The Morgan fingerprint density at radius 3 is 2.78 bits per heavy atom. The zero-order valence-corrected chi connectivity index (χ0v) is 21.4. The van der Waals surface area contributed by atoms with Gasteiger partial charge >= 0.3 is 5.97 Å². The molecule has 2 N–H and O–H groups in total. The van der Waals surface area contributed by atoms with Gasteiger partial charge in [0.05, 0.1) is 37.9 Å². The lowest BCUT2D eigenvalue weighted by Gasteiger charge is -2.37. The van der Waals surface area contributed by atoms with Crippen molar-refractivity contribution in [3.63, 3.8) is 0 Å². The molecule has 1 aromatic heterocycles. The quantitative estimate of drug-likeness (QED) is 0.415. The van der Waals surface area contributed by atoms with Crippen molar-refractivity contribution in [1.82, 2.24) is 9.88 Å². The number of methoxy groups -OCH3 is 2. The van der Waals surface area contributed by atoms with Crippen LogP contribution in [0.1, 0.15) is 42.9 Å². The lowest BCUT2D eigenvalue weighted by atomic mass is 9.79. The molecular weight excluding hydrogens is 468 g/mol. The van der Waals surface area contributed by atoms with Crippen LogP contribution in [0.15, 0.2) is 54.7 Å². The van der Waals surface area contributed by atoms with Crippen LogP contribution in [0.2, 0.25) is 0 Å². The molecule has 2 heterocycles. The fourth-order valence-corrected chi connectivity index (χ4v) is 5.22. The summed E-state index contributed by atoms with van der Waals surface area (Å²) in [6.45, 7) is 2.12. The Morgan fingerprint density at radius 2 is 2.00 bits per heavy atom. The van der Waals surface area contributed by atoms with Gasteiger partial charge in [0.1, 0.15) is 11.5 Å². The summed E-state index contributed by atoms with van der Waals surface area (Å²) in [5.74, 6) is 7.33. The second-order valence-corrected chi connectivity index (χ2v) is 9.52. The number of carboxylic acid groups (broad SMARTS) is 1. The highest BCUT2D eigenvalue weighted by Crippen LogP contribution is 2.34. The summed E-state index contributed by atoms with van der Waals surface area (Å²) >= 11 is 0. The molecule has 0 radical (unpaired) electrons. The highest BCUT2D eigenvalue weighted by molar-refractivity contribution is 5.83. The van der Waals surface area contributed by atoms with Crippen molar-refractivity contribution in [3.05, 3.63) is 65.9 Å². The van der Waals surface area contributed by atoms with Crippen molar-refractivity contribution >= 4 is 16.9 Å². The molecule has 3 atom stereocenters. The number of aliphatic hydroxyl groups is 1. The van der Waals surface area contributed by atoms with E-state index in [9.17, 15) is 15.0 Å². The van der Waals surface area contributed by atoms with E-state index in [1.54, 1.807) is 20.4 Å². The number of aliphatic hydroxyl groups excluding tert-OH is 1. The zero-order valence-electron chi connectivity index (χ0n) is 21.4. The number of nitrogens with zero attached hydrogens (tertiary/aromatic N) is 2. The van der Waals surface area contributed by atoms with Crippen LogP contribution < -0.4 is 9.47 Å². The normalized spacial score (nSPS) is 18.6. The minimum absolute atomic E-state index is 0.0146. The monoisotopic (exact) mass is 502 g/mol. The van der Waals surface area contributed by atoms with Crippen LogP contribution in [0, 0.1) is 23.7 Å². The molecule has 7 heteroatoms. The van der Waals surface area contributed by atoms with Crippen molar-refractivity contribution in [1.29, 1.82) is 0 Å². The van der Waals surface area contributed by atoms with Gasteiger partial charge in [-0.3, -0.25) is 14.7 Å². The Labute approximate surface area is 218 Å². The first kappa shape index (κ1) is 26.5. The van der Waals surface area contributed by atoms with E-state index in [0.717, 1.165) is 52.9 Å². The van der Waals surface area contributed by atoms with Crippen molar-refractivity contribution in [2.75, 3.05) is 33.9 Å². The van der Waals surface area contributed by atoms with Crippen LogP contribution in [0.5, 0.6) is 11.5 Å². The maximum atomic E-state index is 11.6. The summed E-state index contributed by atoms with van der Waals surface area (Å²) < 4.78 is 10.7. The van der Waals surface area contributed by atoms with E-state index in [1.807, 2.05) is 48.5 Å². The van der Waals surface area contributed by atoms with E-state index in [1.165, 1.54) is 0 Å². The van der Waals surface area contributed by atoms with E-state index in [0.29, 0.717) is 19.5 Å². The first-order valence-corrected chi connectivity index (χ1v) is 12.6. The summed E-state index contributed by atoms with van der Waals surface area (Å²) in [6.07, 6.45) is 3.37. The lowest BCUT2D eigenvalue weighted by molar-refractivity contribution is -0.139. The second-order valence-electron chi connectivity index (χ2n) is 9.52. The fraction of sp³-hybridized carbons (Fsp3) is 0.400. The number of carbonyl (C=O) groups is 1. The molecule has 0 unspecified atom stereocenters. The molecule has 194 valence electrons. The van der Waals surface area contributed by atoms with Gasteiger partial charge in [0.2, 0.25) is 0 Å². The van der Waals surface area contributed by atoms with Crippen LogP contribution in [0.25, 0.3) is 10.9 Å². The molecule has 7 nitrogen and oxygen atoms in total. The smallest absolute Gasteiger partial charge is 0.303 e. The molecule has 1 saturated heterocycles. The average Bonchev–Trinajstić information content (AvgIpc) is 2.91. The fourth-order valence-electron chi connectivity index (χ4n) is 5.22. The average molecular weight is 503 g/mol. The van der Waals surface area contributed by atoms with Gasteiger partial charge < -0.3 is 19.7 Å². The third-order valence-electron chi connectivity index (χ3n) is 7.20. The van der Waals surface area contributed by atoms with Crippen molar-refractivity contribution in [2.24, 2.45) is 11.8 Å². The number of para-hydroxylation sites is 1. The van der Waals surface area contributed by atoms with Crippen LogP contribution in [-0.4, -0.2) is 59.9 Å². The van der Waals surface area contributed by atoms with Crippen LogP contribution in [-0.2, 0) is 4.79 Å². The predicted molar refractivity (Wildman–Crippen MR) is 143 cm³/mol. The maximum Gasteiger partial charge on any atom is 0.303 e. The number of piperidine rings is 1. The molecule has 1 aliphatic rings. The maximum absolute atomic E-state index is 11.6. The van der Waals surface area contributed by atoms with E-state index in [2.05, 4.69) is 21.7 Å². The standard InChI is InChI=1S/C30H34N2O5/c1-36-24-10-11-27-26(19-24)25(13-15-31-27)28(33)12-9-21-14-17-32(20-23(21)18-30(34)35)16-5-7-22-6-3-4-8-29(22)37-2/h3-4,6,8,10-11,13,15,19,21,23,28,33H,9,12,14,16-18,20H2,1-2H3,(H,34,35)/t21-,23+,28+/m1/s1. The number of rotatable bonds is 9. The number of pyridine rings is 1.